The van der Waals surface area contributed by atoms with Crippen molar-refractivity contribution in [2.75, 3.05) is 0 Å². The molecule has 1 aliphatic carbocycles. The first kappa shape index (κ1) is 10.2. The topological polar surface area (TPSA) is 77.8 Å². The van der Waals surface area contributed by atoms with E-state index in [2.05, 4.69) is 15.1 Å². The summed E-state index contributed by atoms with van der Waals surface area (Å²) in [6.07, 6.45) is 8.24. The fourth-order valence-electron chi connectivity index (χ4n) is 1.91. The van der Waals surface area contributed by atoms with Gasteiger partial charge in [-0.25, -0.2) is 0 Å². The van der Waals surface area contributed by atoms with Crippen molar-refractivity contribution in [3.8, 4) is 11.4 Å². The summed E-state index contributed by atoms with van der Waals surface area (Å²) in [7, 11) is 0. The molecular weight excluding hydrogens is 216 g/mol. The third kappa shape index (κ3) is 1.97. The molecule has 0 saturated carbocycles. The fourth-order valence-corrected chi connectivity index (χ4v) is 1.91. The van der Waals surface area contributed by atoms with Gasteiger partial charge in [0.1, 0.15) is 0 Å². The van der Waals surface area contributed by atoms with Gasteiger partial charge in [0.05, 0.1) is 5.92 Å². The van der Waals surface area contributed by atoms with E-state index in [0.717, 1.165) is 12.0 Å². The van der Waals surface area contributed by atoms with Crippen LogP contribution in [0.4, 0.5) is 0 Å². The molecule has 2 aromatic heterocycles. The van der Waals surface area contributed by atoms with E-state index in [-0.39, 0.29) is 12.0 Å². The van der Waals surface area contributed by atoms with Crippen molar-refractivity contribution in [3.05, 3.63) is 42.6 Å². The maximum Gasteiger partial charge on any atom is 0.233 e. The average Bonchev–Trinajstić information content (AvgIpc) is 2.98. The Morgan fingerprint density at radius 1 is 1.24 bits per heavy atom. The number of rotatable bonds is 2. The third-order valence-electron chi connectivity index (χ3n) is 2.81. The number of hydrogen-bond acceptors (Lipinski definition) is 5. The number of hydrogen-bond donors (Lipinski definition) is 1. The van der Waals surface area contributed by atoms with Crippen LogP contribution in [-0.4, -0.2) is 21.2 Å². The second-order valence-corrected chi connectivity index (χ2v) is 4.08. The van der Waals surface area contributed by atoms with Crippen molar-refractivity contribution in [1.29, 1.82) is 0 Å². The number of nitrogens with two attached hydrogens (primary N) is 1. The highest BCUT2D eigenvalue weighted by atomic mass is 16.5. The van der Waals surface area contributed by atoms with Crippen LogP contribution >= 0.6 is 0 Å². The van der Waals surface area contributed by atoms with Gasteiger partial charge in [0.15, 0.2) is 0 Å². The van der Waals surface area contributed by atoms with Crippen molar-refractivity contribution < 1.29 is 4.52 Å². The summed E-state index contributed by atoms with van der Waals surface area (Å²) < 4.78 is 5.26. The zero-order valence-electron chi connectivity index (χ0n) is 9.15. The largest absolute Gasteiger partial charge is 0.338 e. The quantitative estimate of drug-likeness (QED) is 0.788. The van der Waals surface area contributed by atoms with E-state index in [1.807, 2.05) is 24.3 Å². The zero-order valence-corrected chi connectivity index (χ0v) is 9.15. The van der Waals surface area contributed by atoms with Crippen molar-refractivity contribution >= 4 is 0 Å². The van der Waals surface area contributed by atoms with E-state index in [1.54, 1.807) is 12.4 Å². The molecule has 5 heteroatoms. The van der Waals surface area contributed by atoms with Crippen molar-refractivity contribution in [3.63, 3.8) is 0 Å². The molecule has 2 N–H and O–H groups in total. The molecule has 2 atom stereocenters. The Morgan fingerprint density at radius 2 is 2.06 bits per heavy atom. The second kappa shape index (κ2) is 4.10. The highest BCUT2D eigenvalue weighted by molar-refractivity contribution is 5.52. The predicted octanol–water partition coefficient (Wildman–Crippen LogP) is 1.50. The lowest BCUT2D eigenvalue weighted by atomic mass is 10.1. The molecule has 17 heavy (non-hydrogen) atoms. The Hall–Kier alpha value is -2.01. The van der Waals surface area contributed by atoms with Crippen LogP contribution in [0, 0.1) is 0 Å². The van der Waals surface area contributed by atoms with Gasteiger partial charge in [0.25, 0.3) is 0 Å². The molecule has 0 radical (unpaired) electrons. The average molecular weight is 228 g/mol. The molecule has 2 heterocycles. The molecular formula is C12H12N4O. The lowest BCUT2D eigenvalue weighted by Gasteiger charge is -2.01. The fraction of sp³-hybridized carbons (Fsp3) is 0.250. The van der Waals surface area contributed by atoms with Crippen LogP contribution < -0.4 is 5.73 Å². The van der Waals surface area contributed by atoms with Gasteiger partial charge < -0.3 is 10.3 Å². The summed E-state index contributed by atoms with van der Waals surface area (Å²) in [5, 5.41) is 3.97. The molecule has 0 aromatic carbocycles. The van der Waals surface area contributed by atoms with Gasteiger partial charge in [-0.05, 0) is 18.6 Å². The summed E-state index contributed by atoms with van der Waals surface area (Å²) in [5.41, 5.74) is 6.70. The lowest BCUT2D eigenvalue weighted by molar-refractivity contribution is 0.365. The molecule has 5 nitrogen and oxygen atoms in total. The Bertz CT molecular complexity index is 534. The van der Waals surface area contributed by atoms with E-state index >= 15 is 0 Å². The molecule has 86 valence electrons. The molecule has 0 aliphatic heterocycles. The number of pyridine rings is 1. The van der Waals surface area contributed by atoms with Gasteiger partial charge in [-0.3, -0.25) is 4.98 Å². The van der Waals surface area contributed by atoms with Crippen LogP contribution in [-0.2, 0) is 0 Å². The van der Waals surface area contributed by atoms with Crippen LogP contribution in [0.3, 0.4) is 0 Å². The SMILES string of the molecule is NC1C=CC(c2nc(-c3ccncc3)no2)C1. The summed E-state index contributed by atoms with van der Waals surface area (Å²) in [5.74, 6) is 1.37. The van der Waals surface area contributed by atoms with Crippen molar-refractivity contribution in [2.45, 2.75) is 18.4 Å². The van der Waals surface area contributed by atoms with Crippen LogP contribution in [0.2, 0.25) is 0 Å². The Morgan fingerprint density at radius 3 is 2.76 bits per heavy atom. The van der Waals surface area contributed by atoms with E-state index in [1.165, 1.54) is 0 Å². The second-order valence-electron chi connectivity index (χ2n) is 4.08. The Labute approximate surface area is 98.4 Å². The number of allylic oxidation sites excluding steroid dienone is 1. The summed E-state index contributed by atoms with van der Waals surface area (Å²) in [4.78, 5) is 8.34. The minimum atomic E-state index is 0.0938. The van der Waals surface area contributed by atoms with E-state index in [4.69, 9.17) is 10.3 Å². The first-order chi connectivity index (χ1) is 8.33. The van der Waals surface area contributed by atoms with Crippen LogP contribution in [0.5, 0.6) is 0 Å². The van der Waals surface area contributed by atoms with Crippen LogP contribution in [0.15, 0.2) is 41.2 Å². The Kier molecular flexibility index (Phi) is 2.45. The van der Waals surface area contributed by atoms with E-state index < -0.39 is 0 Å². The molecule has 0 fully saturated rings. The maximum absolute atomic E-state index is 5.80. The van der Waals surface area contributed by atoms with E-state index in [0.29, 0.717) is 11.7 Å². The minimum absolute atomic E-state index is 0.0938. The van der Waals surface area contributed by atoms with Crippen molar-refractivity contribution in [2.24, 2.45) is 5.73 Å². The summed E-state index contributed by atoms with van der Waals surface area (Å²) in [6.45, 7) is 0. The molecule has 0 amide bonds. The predicted molar refractivity (Wildman–Crippen MR) is 62.0 cm³/mol. The molecule has 0 spiro atoms. The minimum Gasteiger partial charge on any atom is -0.338 e. The highest BCUT2D eigenvalue weighted by Gasteiger charge is 2.23. The standard InChI is InChI=1S/C12H12N4O/c13-10-2-1-9(7-10)12-15-11(16-17-12)8-3-5-14-6-4-8/h1-6,9-10H,7,13H2. The molecule has 0 bridgehead atoms. The molecule has 1 aliphatic rings. The number of aromatic nitrogens is 3. The first-order valence-electron chi connectivity index (χ1n) is 5.51. The van der Waals surface area contributed by atoms with Crippen LogP contribution in [0.1, 0.15) is 18.2 Å². The van der Waals surface area contributed by atoms with Crippen molar-refractivity contribution in [1.82, 2.24) is 15.1 Å². The van der Waals surface area contributed by atoms with Gasteiger partial charge >= 0.3 is 0 Å². The monoisotopic (exact) mass is 228 g/mol. The molecule has 2 unspecified atom stereocenters. The zero-order chi connectivity index (χ0) is 11.7. The Balaban J connectivity index is 1.86. The van der Waals surface area contributed by atoms with Gasteiger partial charge in [0.2, 0.25) is 11.7 Å². The van der Waals surface area contributed by atoms with Gasteiger partial charge in [-0.2, -0.15) is 4.98 Å². The molecule has 2 aromatic rings. The summed E-state index contributed by atoms with van der Waals surface area (Å²) in [6, 6.07) is 3.80. The van der Waals surface area contributed by atoms with Gasteiger partial charge in [0, 0.05) is 24.0 Å². The highest BCUT2D eigenvalue weighted by Crippen LogP contribution is 2.27. The third-order valence-corrected chi connectivity index (χ3v) is 2.81. The first-order valence-corrected chi connectivity index (χ1v) is 5.51. The van der Waals surface area contributed by atoms with E-state index in [9.17, 15) is 0 Å². The normalized spacial score (nSPS) is 23.1. The molecule has 0 saturated heterocycles. The smallest absolute Gasteiger partial charge is 0.233 e. The van der Waals surface area contributed by atoms with Gasteiger partial charge in [-0.15, -0.1) is 0 Å². The van der Waals surface area contributed by atoms with Crippen LogP contribution in [0.25, 0.3) is 11.4 Å². The summed E-state index contributed by atoms with van der Waals surface area (Å²) >= 11 is 0. The maximum atomic E-state index is 5.80. The lowest BCUT2D eigenvalue weighted by Crippen LogP contribution is -2.14. The van der Waals surface area contributed by atoms with Gasteiger partial charge in [-0.1, -0.05) is 17.3 Å². The molecule has 3 rings (SSSR count). The number of nitrogens with zero attached hydrogens (tertiary/aromatic N) is 3.